The zero-order chi connectivity index (χ0) is 6.08. The molecule has 6 heteroatoms. The van der Waals surface area contributed by atoms with Crippen molar-refractivity contribution in [1.82, 2.24) is 0 Å². The average molecular weight is 171 g/mol. The Labute approximate surface area is 73.3 Å². The van der Waals surface area contributed by atoms with Crippen LogP contribution in [0.25, 0.3) is 0 Å². The number of hydrogen-bond donors (Lipinski definition) is 1. The van der Waals surface area contributed by atoms with Gasteiger partial charge < -0.3 is 5.11 Å². The van der Waals surface area contributed by atoms with Crippen LogP contribution < -0.4 is 0 Å². The number of hydrogen-bond acceptors (Lipinski definition) is 1. The molecule has 0 amide bonds. The van der Waals surface area contributed by atoms with Crippen LogP contribution in [0.15, 0.2) is 0 Å². The Balaban J connectivity index is 0. The molecule has 0 unspecified atom stereocenters. The molecular weight excluding hydrogens is 169 g/mol. The normalized spacial score (nSPS) is 9.88. The number of halogens is 3. The van der Waals surface area contributed by atoms with Crippen molar-refractivity contribution in [1.29, 1.82) is 0 Å². The fraction of sp³-hybridized carbons (Fsp3) is 0.500. The SMILES string of the molecule is O=C(O)C(Cl)(Cl)Cl.[LiH]. The number of carboxylic acids is 1. The summed E-state index contributed by atoms with van der Waals surface area (Å²) in [6.45, 7) is 0. The monoisotopic (exact) mass is 170 g/mol. The van der Waals surface area contributed by atoms with Crippen LogP contribution in [0.3, 0.4) is 0 Å². The molecule has 0 aromatic rings. The minimum atomic E-state index is -2.17. The summed E-state index contributed by atoms with van der Waals surface area (Å²) >= 11 is 14.4. The summed E-state index contributed by atoms with van der Waals surface area (Å²) in [6, 6.07) is 0. The third-order valence-corrected chi connectivity index (χ3v) is 0.728. The third-order valence-electron chi connectivity index (χ3n) is 0.243. The van der Waals surface area contributed by atoms with Gasteiger partial charge in [0.05, 0.1) is 0 Å². The number of alkyl halides is 3. The van der Waals surface area contributed by atoms with Crippen molar-refractivity contribution in [2.75, 3.05) is 0 Å². The Morgan fingerprint density at radius 3 is 1.50 bits per heavy atom. The topological polar surface area (TPSA) is 37.3 Å². The van der Waals surface area contributed by atoms with Gasteiger partial charge in [-0.3, -0.25) is 0 Å². The molecule has 0 saturated heterocycles. The van der Waals surface area contributed by atoms with Crippen molar-refractivity contribution in [3.05, 3.63) is 0 Å². The van der Waals surface area contributed by atoms with Crippen LogP contribution in [-0.4, -0.2) is 33.7 Å². The van der Waals surface area contributed by atoms with Gasteiger partial charge in [-0.2, -0.15) is 0 Å². The third kappa shape index (κ3) is 5.08. The molecule has 0 heterocycles. The van der Waals surface area contributed by atoms with Crippen LogP contribution in [0, 0.1) is 0 Å². The van der Waals surface area contributed by atoms with E-state index < -0.39 is 9.76 Å². The van der Waals surface area contributed by atoms with Crippen molar-refractivity contribution >= 4 is 59.6 Å². The molecule has 0 bridgehead atoms. The van der Waals surface area contributed by atoms with Gasteiger partial charge in [-0.05, 0) is 0 Å². The van der Waals surface area contributed by atoms with Gasteiger partial charge in [-0.25, -0.2) is 4.79 Å². The summed E-state index contributed by atoms with van der Waals surface area (Å²) < 4.78 is -2.17. The van der Waals surface area contributed by atoms with Gasteiger partial charge >= 0.3 is 24.8 Å². The van der Waals surface area contributed by atoms with Crippen LogP contribution in [0.2, 0.25) is 0 Å². The first-order valence-electron chi connectivity index (χ1n) is 1.24. The van der Waals surface area contributed by atoms with Crippen molar-refractivity contribution < 1.29 is 9.90 Å². The summed E-state index contributed by atoms with van der Waals surface area (Å²) in [5.74, 6) is -1.46. The Bertz CT molecular complexity index is 87.8. The summed E-state index contributed by atoms with van der Waals surface area (Å²) in [4.78, 5) is 9.62. The molecule has 0 fully saturated rings. The molecule has 8 heavy (non-hydrogen) atoms. The zero-order valence-corrected chi connectivity index (χ0v) is 5.26. The summed E-state index contributed by atoms with van der Waals surface area (Å²) in [6.07, 6.45) is 0. The molecule has 0 aromatic carbocycles. The van der Waals surface area contributed by atoms with Crippen LogP contribution in [0.5, 0.6) is 0 Å². The number of rotatable bonds is 0. The Morgan fingerprint density at radius 2 is 1.50 bits per heavy atom. The summed E-state index contributed by atoms with van der Waals surface area (Å²) in [5.41, 5.74) is 0. The quantitative estimate of drug-likeness (QED) is 0.432. The summed E-state index contributed by atoms with van der Waals surface area (Å²) in [5, 5.41) is 7.85. The van der Waals surface area contributed by atoms with Gasteiger partial charge in [-0.15, -0.1) is 0 Å². The van der Waals surface area contributed by atoms with Gasteiger partial charge in [0.2, 0.25) is 0 Å². The fourth-order valence-electron chi connectivity index (χ4n) is 0. The molecule has 2 nitrogen and oxygen atoms in total. The second-order valence-electron chi connectivity index (χ2n) is 0.803. The van der Waals surface area contributed by atoms with E-state index in [-0.39, 0.29) is 18.9 Å². The fourth-order valence-corrected chi connectivity index (χ4v) is 0. The molecule has 0 aliphatic carbocycles. The molecular formula is C2H2Cl3LiO2. The molecule has 0 rings (SSSR count). The van der Waals surface area contributed by atoms with Gasteiger partial charge in [0, 0.05) is 0 Å². The Morgan fingerprint density at radius 1 is 1.38 bits per heavy atom. The van der Waals surface area contributed by atoms with Crippen LogP contribution in [-0.2, 0) is 4.79 Å². The molecule has 0 spiro atoms. The van der Waals surface area contributed by atoms with Crippen LogP contribution in [0.4, 0.5) is 0 Å². The first-order valence-corrected chi connectivity index (χ1v) is 2.38. The van der Waals surface area contributed by atoms with Gasteiger partial charge in [0.1, 0.15) is 0 Å². The first kappa shape index (κ1) is 11.7. The zero-order valence-electron chi connectivity index (χ0n) is 2.99. The maximum atomic E-state index is 9.62. The maximum absolute atomic E-state index is 9.62. The van der Waals surface area contributed by atoms with E-state index in [0.29, 0.717) is 0 Å². The molecule has 0 radical (unpaired) electrons. The molecule has 0 saturated carbocycles. The molecule has 0 aliphatic rings. The van der Waals surface area contributed by atoms with E-state index in [2.05, 4.69) is 0 Å². The van der Waals surface area contributed by atoms with Crippen molar-refractivity contribution in [3.63, 3.8) is 0 Å². The van der Waals surface area contributed by atoms with Crippen LogP contribution >= 0.6 is 34.8 Å². The van der Waals surface area contributed by atoms with Crippen molar-refractivity contribution in [3.8, 4) is 0 Å². The van der Waals surface area contributed by atoms with Gasteiger partial charge in [-0.1, -0.05) is 34.8 Å². The molecule has 1 N–H and O–H groups in total. The second kappa shape index (κ2) is 3.87. The van der Waals surface area contributed by atoms with E-state index in [9.17, 15) is 4.79 Å². The van der Waals surface area contributed by atoms with E-state index in [1.807, 2.05) is 0 Å². The van der Waals surface area contributed by atoms with Crippen molar-refractivity contribution in [2.24, 2.45) is 0 Å². The summed E-state index contributed by atoms with van der Waals surface area (Å²) in [7, 11) is 0. The molecule has 44 valence electrons. The minimum absolute atomic E-state index is 0. The average Bonchev–Trinajstić information content (AvgIpc) is 1.31. The Hall–Kier alpha value is 0.937. The predicted octanol–water partition coefficient (Wildman–Crippen LogP) is 0.793. The van der Waals surface area contributed by atoms with Gasteiger partial charge in [0.25, 0.3) is 3.79 Å². The van der Waals surface area contributed by atoms with E-state index >= 15 is 0 Å². The number of aliphatic carboxylic acids is 1. The molecule has 0 aromatic heterocycles. The second-order valence-corrected chi connectivity index (χ2v) is 3.08. The number of carboxylic acid groups (broad SMARTS) is 1. The van der Waals surface area contributed by atoms with E-state index in [1.165, 1.54) is 0 Å². The van der Waals surface area contributed by atoms with E-state index in [0.717, 1.165) is 0 Å². The van der Waals surface area contributed by atoms with E-state index in [1.54, 1.807) is 0 Å². The van der Waals surface area contributed by atoms with Crippen molar-refractivity contribution in [2.45, 2.75) is 3.79 Å². The van der Waals surface area contributed by atoms with Gasteiger partial charge in [0.15, 0.2) is 0 Å². The Kier molecular flexibility index (Phi) is 5.66. The standard InChI is InChI=1S/C2HCl3O2.Li.H/c3-2(4,5)1(6)7;;/h(H,6,7);;. The van der Waals surface area contributed by atoms with E-state index in [4.69, 9.17) is 39.9 Å². The molecule has 0 aliphatic heterocycles. The molecule has 0 atom stereocenters. The van der Waals surface area contributed by atoms with Crippen LogP contribution in [0.1, 0.15) is 0 Å². The number of carbonyl (C=O) groups is 1. The predicted molar refractivity (Wildman–Crippen MR) is 35.1 cm³/mol. The first-order chi connectivity index (χ1) is 2.94.